The lowest BCUT2D eigenvalue weighted by Crippen LogP contribution is -2.20. The van der Waals surface area contributed by atoms with Crippen LogP contribution in [-0.2, 0) is 5.60 Å². The SMILES string of the molecule is CC(C)(O)c1cccc(OC2CCCCC2)c1. The molecule has 0 radical (unpaired) electrons. The summed E-state index contributed by atoms with van der Waals surface area (Å²) < 4.78 is 5.98. The van der Waals surface area contributed by atoms with E-state index >= 15 is 0 Å². The summed E-state index contributed by atoms with van der Waals surface area (Å²) >= 11 is 0. The highest BCUT2D eigenvalue weighted by molar-refractivity contribution is 5.31. The first-order chi connectivity index (χ1) is 8.05. The van der Waals surface area contributed by atoms with Crippen LogP contribution in [-0.4, -0.2) is 11.2 Å². The lowest BCUT2D eigenvalue weighted by atomic mass is 9.97. The monoisotopic (exact) mass is 234 g/mol. The van der Waals surface area contributed by atoms with Crippen molar-refractivity contribution in [2.45, 2.75) is 57.7 Å². The zero-order valence-corrected chi connectivity index (χ0v) is 10.8. The normalized spacial score (nSPS) is 18.1. The summed E-state index contributed by atoms with van der Waals surface area (Å²) in [6.45, 7) is 3.60. The molecule has 0 bridgehead atoms. The van der Waals surface area contributed by atoms with E-state index in [9.17, 15) is 5.11 Å². The van der Waals surface area contributed by atoms with E-state index in [1.807, 2.05) is 24.3 Å². The smallest absolute Gasteiger partial charge is 0.120 e. The van der Waals surface area contributed by atoms with Crippen molar-refractivity contribution in [1.29, 1.82) is 0 Å². The van der Waals surface area contributed by atoms with E-state index in [4.69, 9.17) is 4.74 Å². The van der Waals surface area contributed by atoms with Gasteiger partial charge in [-0.2, -0.15) is 0 Å². The highest BCUT2D eigenvalue weighted by atomic mass is 16.5. The Labute approximate surface area is 104 Å². The minimum absolute atomic E-state index is 0.362. The van der Waals surface area contributed by atoms with Gasteiger partial charge < -0.3 is 9.84 Å². The van der Waals surface area contributed by atoms with Gasteiger partial charge in [-0.1, -0.05) is 18.6 Å². The van der Waals surface area contributed by atoms with Gasteiger partial charge in [-0.15, -0.1) is 0 Å². The molecule has 1 aromatic rings. The Morgan fingerprint density at radius 1 is 1.18 bits per heavy atom. The molecule has 2 heteroatoms. The molecule has 1 saturated carbocycles. The van der Waals surface area contributed by atoms with Crippen molar-refractivity contribution < 1.29 is 9.84 Å². The molecule has 0 amide bonds. The Kier molecular flexibility index (Phi) is 3.72. The Hall–Kier alpha value is -1.02. The molecular formula is C15H22O2. The van der Waals surface area contributed by atoms with Crippen LogP contribution in [0.2, 0.25) is 0 Å². The van der Waals surface area contributed by atoms with E-state index < -0.39 is 5.60 Å². The Morgan fingerprint density at radius 2 is 1.88 bits per heavy atom. The summed E-state index contributed by atoms with van der Waals surface area (Å²) in [4.78, 5) is 0. The third-order valence-corrected chi connectivity index (χ3v) is 3.40. The van der Waals surface area contributed by atoms with Gasteiger partial charge in [0.05, 0.1) is 11.7 Å². The minimum atomic E-state index is -0.800. The number of ether oxygens (including phenoxy) is 1. The van der Waals surface area contributed by atoms with Crippen LogP contribution >= 0.6 is 0 Å². The van der Waals surface area contributed by atoms with Gasteiger partial charge in [-0.25, -0.2) is 0 Å². The van der Waals surface area contributed by atoms with E-state index in [2.05, 4.69) is 0 Å². The molecule has 0 saturated heterocycles. The molecule has 0 unspecified atom stereocenters. The molecule has 0 aromatic heterocycles. The molecule has 1 aliphatic carbocycles. The number of hydrogen-bond acceptors (Lipinski definition) is 2. The molecule has 1 N–H and O–H groups in total. The van der Waals surface area contributed by atoms with E-state index in [1.165, 1.54) is 19.3 Å². The average Bonchev–Trinajstić information content (AvgIpc) is 2.29. The quantitative estimate of drug-likeness (QED) is 0.865. The fraction of sp³-hybridized carbons (Fsp3) is 0.600. The van der Waals surface area contributed by atoms with Crippen LogP contribution in [0.3, 0.4) is 0 Å². The van der Waals surface area contributed by atoms with Crippen LogP contribution < -0.4 is 4.74 Å². The highest BCUT2D eigenvalue weighted by Gasteiger charge is 2.18. The molecule has 0 spiro atoms. The van der Waals surface area contributed by atoms with E-state index in [1.54, 1.807) is 13.8 Å². The van der Waals surface area contributed by atoms with Gasteiger partial charge >= 0.3 is 0 Å². The van der Waals surface area contributed by atoms with Gasteiger partial charge in [-0.3, -0.25) is 0 Å². The maximum atomic E-state index is 9.96. The lowest BCUT2D eigenvalue weighted by molar-refractivity contribution is 0.0777. The van der Waals surface area contributed by atoms with E-state index in [-0.39, 0.29) is 0 Å². The minimum Gasteiger partial charge on any atom is -0.490 e. The molecular weight excluding hydrogens is 212 g/mol. The van der Waals surface area contributed by atoms with Crippen LogP contribution in [0, 0.1) is 0 Å². The van der Waals surface area contributed by atoms with Crippen molar-refractivity contribution in [3.05, 3.63) is 29.8 Å². The van der Waals surface area contributed by atoms with Crippen LogP contribution in [0.1, 0.15) is 51.5 Å². The predicted molar refractivity (Wildman–Crippen MR) is 69.2 cm³/mol. The van der Waals surface area contributed by atoms with Gasteiger partial charge in [0.1, 0.15) is 5.75 Å². The topological polar surface area (TPSA) is 29.5 Å². The summed E-state index contributed by atoms with van der Waals surface area (Å²) in [7, 11) is 0. The van der Waals surface area contributed by atoms with Gasteiger partial charge in [0.25, 0.3) is 0 Å². The maximum Gasteiger partial charge on any atom is 0.120 e. The summed E-state index contributed by atoms with van der Waals surface area (Å²) in [5.41, 5.74) is 0.108. The van der Waals surface area contributed by atoms with Gasteiger partial charge in [-0.05, 0) is 57.2 Å². The number of hydrogen-bond donors (Lipinski definition) is 1. The molecule has 0 atom stereocenters. The molecule has 2 nitrogen and oxygen atoms in total. The molecule has 17 heavy (non-hydrogen) atoms. The van der Waals surface area contributed by atoms with Crippen molar-refractivity contribution in [2.24, 2.45) is 0 Å². The van der Waals surface area contributed by atoms with E-state index in [0.717, 1.165) is 24.2 Å². The number of aliphatic hydroxyl groups is 1. The molecule has 1 aromatic carbocycles. The standard InChI is InChI=1S/C15H22O2/c1-15(2,16)12-7-6-10-14(11-12)17-13-8-4-3-5-9-13/h6-7,10-11,13,16H,3-5,8-9H2,1-2H3. The zero-order chi connectivity index (χ0) is 12.3. The second-order valence-corrected chi connectivity index (χ2v) is 5.46. The summed E-state index contributed by atoms with van der Waals surface area (Å²) in [5.74, 6) is 0.886. The van der Waals surface area contributed by atoms with Crippen LogP contribution in [0.5, 0.6) is 5.75 Å². The van der Waals surface area contributed by atoms with Crippen molar-refractivity contribution in [1.82, 2.24) is 0 Å². The Morgan fingerprint density at radius 3 is 2.53 bits per heavy atom. The molecule has 2 rings (SSSR count). The number of benzene rings is 1. The van der Waals surface area contributed by atoms with Gasteiger partial charge in [0.15, 0.2) is 0 Å². The fourth-order valence-corrected chi connectivity index (χ4v) is 2.33. The van der Waals surface area contributed by atoms with Crippen LogP contribution in [0.25, 0.3) is 0 Å². The molecule has 94 valence electrons. The average molecular weight is 234 g/mol. The van der Waals surface area contributed by atoms with Crippen molar-refractivity contribution in [3.63, 3.8) is 0 Å². The van der Waals surface area contributed by atoms with Gasteiger partial charge in [0.2, 0.25) is 0 Å². The molecule has 1 aliphatic rings. The van der Waals surface area contributed by atoms with E-state index in [0.29, 0.717) is 6.10 Å². The third-order valence-electron chi connectivity index (χ3n) is 3.40. The summed E-state index contributed by atoms with van der Waals surface area (Å²) in [6, 6.07) is 7.82. The zero-order valence-electron chi connectivity index (χ0n) is 10.8. The fourth-order valence-electron chi connectivity index (χ4n) is 2.33. The maximum absolute atomic E-state index is 9.96. The first-order valence-electron chi connectivity index (χ1n) is 6.55. The van der Waals surface area contributed by atoms with Crippen LogP contribution in [0.15, 0.2) is 24.3 Å². The molecule has 0 heterocycles. The summed E-state index contributed by atoms with van der Waals surface area (Å²) in [6.07, 6.45) is 6.56. The van der Waals surface area contributed by atoms with Gasteiger partial charge in [0, 0.05) is 0 Å². The first-order valence-corrected chi connectivity index (χ1v) is 6.55. The van der Waals surface area contributed by atoms with Crippen molar-refractivity contribution in [3.8, 4) is 5.75 Å². The second kappa shape index (κ2) is 5.09. The largest absolute Gasteiger partial charge is 0.490 e. The highest BCUT2D eigenvalue weighted by Crippen LogP contribution is 2.27. The third kappa shape index (κ3) is 3.47. The van der Waals surface area contributed by atoms with Crippen molar-refractivity contribution >= 4 is 0 Å². The summed E-state index contributed by atoms with van der Waals surface area (Å²) in [5, 5.41) is 9.96. The lowest BCUT2D eigenvalue weighted by Gasteiger charge is -2.24. The predicted octanol–water partition coefficient (Wildman–Crippen LogP) is 3.63. The Balaban J connectivity index is 2.05. The molecule has 1 fully saturated rings. The second-order valence-electron chi connectivity index (χ2n) is 5.46. The molecule has 0 aliphatic heterocycles. The van der Waals surface area contributed by atoms with Crippen LogP contribution in [0.4, 0.5) is 0 Å². The first kappa shape index (κ1) is 12.4. The Bertz CT molecular complexity index is 359. The van der Waals surface area contributed by atoms with Crippen molar-refractivity contribution in [2.75, 3.05) is 0 Å². The number of rotatable bonds is 3.